The smallest absolute Gasteiger partial charge is 0.143 e. The molecule has 0 aliphatic heterocycles. The first-order valence-corrected chi connectivity index (χ1v) is 17.4. The summed E-state index contributed by atoms with van der Waals surface area (Å²) in [5.41, 5.74) is 13.0. The van der Waals surface area contributed by atoms with E-state index in [1.54, 1.807) is 0 Å². The molecule has 2 heteroatoms. The first-order chi connectivity index (χ1) is 25.3. The van der Waals surface area contributed by atoms with Gasteiger partial charge in [0.2, 0.25) is 0 Å². The Labute approximate surface area is 295 Å². The fraction of sp³-hybridized carbons (Fsp3) is 0. The molecule has 238 valence electrons. The fourth-order valence-corrected chi connectivity index (χ4v) is 7.73. The number of pyridine rings is 1. The average Bonchev–Trinajstić information content (AvgIpc) is 3.60. The molecule has 0 saturated heterocycles. The lowest BCUT2D eigenvalue weighted by Gasteiger charge is -2.19. The summed E-state index contributed by atoms with van der Waals surface area (Å²) in [6.45, 7) is 0. The van der Waals surface area contributed by atoms with Gasteiger partial charge in [-0.05, 0) is 67.6 Å². The van der Waals surface area contributed by atoms with Crippen LogP contribution in [0.15, 0.2) is 192 Å². The van der Waals surface area contributed by atoms with Crippen molar-refractivity contribution in [2.75, 3.05) is 0 Å². The Morgan fingerprint density at radius 3 is 1.33 bits per heavy atom. The third-order valence-corrected chi connectivity index (χ3v) is 10.1. The van der Waals surface area contributed by atoms with Crippen molar-refractivity contribution in [1.29, 1.82) is 0 Å². The molecule has 0 radical (unpaired) electrons. The van der Waals surface area contributed by atoms with Crippen LogP contribution in [-0.4, -0.2) is 4.98 Å². The lowest BCUT2D eigenvalue weighted by atomic mass is 9.85. The Kier molecular flexibility index (Phi) is 6.85. The largest absolute Gasteiger partial charge is 0.455 e. The molecule has 0 atom stereocenters. The quantitative estimate of drug-likeness (QED) is 0.173. The number of aromatic nitrogens is 1. The molecule has 0 spiro atoms. The second-order valence-electron chi connectivity index (χ2n) is 13.1. The number of hydrogen-bond donors (Lipinski definition) is 0. The van der Waals surface area contributed by atoms with Crippen LogP contribution in [0.4, 0.5) is 0 Å². The zero-order valence-electron chi connectivity index (χ0n) is 27.8. The van der Waals surface area contributed by atoms with Crippen molar-refractivity contribution in [2.24, 2.45) is 0 Å². The van der Waals surface area contributed by atoms with Crippen LogP contribution in [-0.2, 0) is 0 Å². The van der Waals surface area contributed by atoms with Gasteiger partial charge in [0.05, 0.1) is 11.4 Å². The van der Waals surface area contributed by atoms with Gasteiger partial charge in [-0.1, -0.05) is 170 Å². The molecule has 0 saturated carbocycles. The summed E-state index contributed by atoms with van der Waals surface area (Å²) >= 11 is 0. The summed E-state index contributed by atoms with van der Waals surface area (Å²) in [6.07, 6.45) is 0. The SMILES string of the molecule is c1ccc(-c2cc(-c3c4ccccc4c(-c4ccc(-c5cccc6c5oc5ccccc56)cc4)c4ccccc34)cc(-c3ccccc3)n2)cc1. The van der Waals surface area contributed by atoms with Crippen LogP contribution in [0.3, 0.4) is 0 Å². The predicted molar refractivity (Wildman–Crippen MR) is 214 cm³/mol. The van der Waals surface area contributed by atoms with Crippen LogP contribution in [0, 0.1) is 0 Å². The summed E-state index contributed by atoms with van der Waals surface area (Å²) in [5, 5.41) is 7.15. The van der Waals surface area contributed by atoms with Gasteiger partial charge in [0.15, 0.2) is 0 Å². The zero-order chi connectivity index (χ0) is 33.7. The van der Waals surface area contributed by atoms with E-state index in [2.05, 4.69) is 176 Å². The van der Waals surface area contributed by atoms with Gasteiger partial charge < -0.3 is 4.42 Å². The summed E-state index contributed by atoms with van der Waals surface area (Å²) in [5.74, 6) is 0. The summed E-state index contributed by atoms with van der Waals surface area (Å²) in [6, 6.07) is 66.8. The first kappa shape index (κ1) is 29.2. The molecule has 0 fully saturated rings. The molecule has 8 aromatic carbocycles. The maximum Gasteiger partial charge on any atom is 0.143 e. The van der Waals surface area contributed by atoms with E-state index in [0.717, 1.165) is 61.1 Å². The molecule has 0 N–H and O–H groups in total. The van der Waals surface area contributed by atoms with E-state index < -0.39 is 0 Å². The average molecular weight is 650 g/mol. The van der Waals surface area contributed by atoms with Gasteiger partial charge in [-0.2, -0.15) is 0 Å². The number of nitrogens with zero attached hydrogens (tertiary/aromatic N) is 1. The molecule has 2 nitrogen and oxygen atoms in total. The van der Waals surface area contributed by atoms with E-state index in [-0.39, 0.29) is 0 Å². The molecular weight excluding hydrogens is 619 g/mol. The van der Waals surface area contributed by atoms with Gasteiger partial charge in [-0.15, -0.1) is 0 Å². The number of para-hydroxylation sites is 2. The maximum absolute atomic E-state index is 6.39. The second kappa shape index (κ2) is 12.0. The molecule has 2 aromatic heterocycles. The van der Waals surface area contributed by atoms with Crippen molar-refractivity contribution in [1.82, 2.24) is 4.98 Å². The minimum atomic E-state index is 0.913. The Morgan fingerprint density at radius 2 is 0.765 bits per heavy atom. The van der Waals surface area contributed by atoms with Gasteiger partial charge in [0.25, 0.3) is 0 Å². The molecule has 51 heavy (non-hydrogen) atoms. The normalized spacial score (nSPS) is 11.5. The van der Waals surface area contributed by atoms with Crippen LogP contribution >= 0.6 is 0 Å². The molecule has 0 bridgehead atoms. The Bertz CT molecular complexity index is 2770. The number of rotatable bonds is 5. The van der Waals surface area contributed by atoms with Crippen LogP contribution in [0.1, 0.15) is 0 Å². The predicted octanol–water partition coefficient (Wildman–Crippen LogP) is 13.6. The van der Waals surface area contributed by atoms with Gasteiger partial charge >= 0.3 is 0 Å². The monoisotopic (exact) mass is 649 g/mol. The Hall–Kier alpha value is -6.77. The molecule has 0 aliphatic carbocycles. The lowest BCUT2D eigenvalue weighted by Crippen LogP contribution is -1.94. The van der Waals surface area contributed by atoms with E-state index in [1.807, 2.05) is 12.1 Å². The summed E-state index contributed by atoms with van der Waals surface area (Å²) in [7, 11) is 0. The highest BCUT2D eigenvalue weighted by atomic mass is 16.3. The molecule has 10 aromatic rings. The van der Waals surface area contributed by atoms with E-state index in [1.165, 1.54) is 38.2 Å². The second-order valence-corrected chi connectivity index (χ2v) is 13.1. The van der Waals surface area contributed by atoms with Gasteiger partial charge in [0, 0.05) is 27.5 Å². The molecular formula is C49H31NO. The van der Waals surface area contributed by atoms with Gasteiger partial charge in [0.1, 0.15) is 11.2 Å². The van der Waals surface area contributed by atoms with Crippen LogP contribution in [0.25, 0.3) is 99.4 Å². The molecule has 0 aliphatic rings. The molecule has 10 rings (SSSR count). The van der Waals surface area contributed by atoms with Crippen LogP contribution < -0.4 is 0 Å². The highest BCUT2D eigenvalue weighted by Crippen LogP contribution is 2.45. The number of benzene rings is 8. The van der Waals surface area contributed by atoms with E-state index in [9.17, 15) is 0 Å². The number of hydrogen-bond acceptors (Lipinski definition) is 2. The molecule has 0 amide bonds. The van der Waals surface area contributed by atoms with Crippen molar-refractivity contribution in [3.63, 3.8) is 0 Å². The van der Waals surface area contributed by atoms with Crippen molar-refractivity contribution >= 4 is 43.5 Å². The van der Waals surface area contributed by atoms with Crippen LogP contribution in [0.2, 0.25) is 0 Å². The lowest BCUT2D eigenvalue weighted by molar-refractivity contribution is 0.670. The standard InChI is InChI=1S/C49H31NO/c1-3-14-33(15-4-1)44-30-36(31-45(50-44)34-16-5-2-6-17-34)48-41-21-9-7-19-39(41)47(40-20-8-10-22-42(40)48)35-28-26-32(27-29-35)37-23-13-24-43-38-18-11-12-25-46(38)51-49(37)43/h1-31H. The molecule has 0 unspecified atom stereocenters. The maximum atomic E-state index is 6.39. The Balaban J connectivity index is 1.18. The number of fused-ring (bicyclic) bond motifs is 5. The molecule has 2 heterocycles. The van der Waals surface area contributed by atoms with E-state index in [0.29, 0.717) is 0 Å². The van der Waals surface area contributed by atoms with Gasteiger partial charge in [-0.25, -0.2) is 4.98 Å². The first-order valence-electron chi connectivity index (χ1n) is 17.4. The highest BCUT2D eigenvalue weighted by molar-refractivity contribution is 6.21. The van der Waals surface area contributed by atoms with Crippen molar-refractivity contribution < 1.29 is 4.42 Å². The van der Waals surface area contributed by atoms with Gasteiger partial charge in [-0.3, -0.25) is 0 Å². The van der Waals surface area contributed by atoms with Crippen molar-refractivity contribution in [3.8, 4) is 55.9 Å². The van der Waals surface area contributed by atoms with Crippen molar-refractivity contribution in [2.45, 2.75) is 0 Å². The third kappa shape index (κ3) is 4.92. The highest BCUT2D eigenvalue weighted by Gasteiger charge is 2.19. The third-order valence-electron chi connectivity index (χ3n) is 10.1. The fourth-order valence-electron chi connectivity index (χ4n) is 7.73. The summed E-state index contributed by atoms with van der Waals surface area (Å²) < 4.78 is 6.39. The zero-order valence-corrected chi connectivity index (χ0v) is 27.8. The van der Waals surface area contributed by atoms with E-state index in [4.69, 9.17) is 9.40 Å². The number of furan rings is 1. The Morgan fingerprint density at radius 1 is 0.314 bits per heavy atom. The minimum Gasteiger partial charge on any atom is -0.455 e. The minimum absolute atomic E-state index is 0.913. The van der Waals surface area contributed by atoms with Crippen LogP contribution in [0.5, 0.6) is 0 Å². The van der Waals surface area contributed by atoms with Crippen molar-refractivity contribution in [3.05, 3.63) is 188 Å². The summed E-state index contributed by atoms with van der Waals surface area (Å²) in [4.78, 5) is 5.18. The van der Waals surface area contributed by atoms with E-state index >= 15 is 0 Å². The topological polar surface area (TPSA) is 26.0 Å².